The zero-order valence-electron chi connectivity index (χ0n) is 17.1. The lowest BCUT2D eigenvalue weighted by Gasteiger charge is -2.13. The molecular weight excluding hydrogens is 450 g/mol. The van der Waals surface area contributed by atoms with Crippen molar-refractivity contribution in [2.75, 3.05) is 12.4 Å². The Kier molecular flexibility index (Phi) is 5.98. The van der Waals surface area contributed by atoms with Crippen LogP contribution in [0, 0.1) is 6.92 Å². The normalized spacial score (nSPS) is 10.7. The van der Waals surface area contributed by atoms with Crippen molar-refractivity contribution in [3.8, 4) is 23.0 Å². The molecule has 0 spiro atoms. The number of aryl methyl sites for hydroxylation is 1. The van der Waals surface area contributed by atoms with E-state index in [4.69, 9.17) is 33.0 Å². The summed E-state index contributed by atoms with van der Waals surface area (Å²) in [5.41, 5.74) is 3.16. The number of thiocarbonyl (C=S) groups is 1. The van der Waals surface area contributed by atoms with Crippen molar-refractivity contribution < 1.29 is 19.1 Å². The molecule has 0 unspecified atom stereocenters. The number of halogens is 1. The number of ether oxygens (including phenoxy) is 1. The van der Waals surface area contributed by atoms with Crippen LogP contribution in [0.1, 0.15) is 15.9 Å². The van der Waals surface area contributed by atoms with Crippen LogP contribution in [-0.2, 0) is 0 Å². The summed E-state index contributed by atoms with van der Waals surface area (Å²) in [6.07, 6.45) is 0. The summed E-state index contributed by atoms with van der Waals surface area (Å²) in [5.74, 6) is 0.361. The number of para-hydroxylation sites is 2. The van der Waals surface area contributed by atoms with Gasteiger partial charge < -0.3 is 19.6 Å². The molecule has 0 radical (unpaired) electrons. The number of anilines is 1. The van der Waals surface area contributed by atoms with Gasteiger partial charge in [0.05, 0.1) is 17.7 Å². The van der Waals surface area contributed by atoms with Crippen molar-refractivity contribution in [2.24, 2.45) is 0 Å². The van der Waals surface area contributed by atoms with Crippen LogP contribution in [0.2, 0.25) is 5.02 Å². The van der Waals surface area contributed by atoms with Crippen LogP contribution >= 0.6 is 23.8 Å². The zero-order valence-corrected chi connectivity index (χ0v) is 18.7. The van der Waals surface area contributed by atoms with E-state index in [1.54, 1.807) is 37.3 Å². The third-order valence-electron chi connectivity index (χ3n) is 4.72. The molecule has 162 valence electrons. The van der Waals surface area contributed by atoms with E-state index < -0.39 is 5.91 Å². The lowest BCUT2D eigenvalue weighted by molar-refractivity contribution is 0.0977. The highest BCUT2D eigenvalue weighted by molar-refractivity contribution is 7.80. The lowest BCUT2D eigenvalue weighted by Crippen LogP contribution is -2.34. The number of carbonyl (C=O) groups excluding carboxylic acids is 1. The minimum Gasteiger partial charge on any atom is -0.507 e. The molecule has 4 aromatic rings. The van der Waals surface area contributed by atoms with E-state index in [2.05, 4.69) is 15.6 Å². The van der Waals surface area contributed by atoms with E-state index in [1.165, 1.54) is 13.2 Å². The van der Waals surface area contributed by atoms with Crippen LogP contribution in [0.3, 0.4) is 0 Å². The number of aromatic hydroxyl groups is 1. The molecular formula is C23H18ClN3O4S. The second-order valence-corrected chi connectivity index (χ2v) is 7.75. The van der Waals surface area contributed by atoms with Crippen LogP contribution in [0.5, 0.6) is 11.5 Å². The number of hydrogen-bond acceptors (Lipinski definition) is 6. The molecule has 1 amide bonds. The Labute approximate surface area is 194 Å². The highest BCUT2D eigenvalue weighted by Gasteiger charge is 2.17. The first-order chi connectivity index (χ1) is 15.4. The predicted molar refractivity (Wildman–Crippen MR) is 128 cm³/mol. The van der Waals surface area contributed by atoms with Crippen molar-refractivity contribution in [1.29, 1.82) is 0 Å². The van der Waals surface area contributed by atoms with Gasteiger partial charge in [-0.2, -0.15) is 0 Å². The first-order valence-corrected chi connectivity index (χ1v) is 10.3. The van der Waals surface area contributed by atoms with Gasteiger partial charge in [-0.25, -0.2) is 4.98 Å². The maximum absolute atomic E-state index is 12.5. The first kappa shape index (κ1) is 21.6. The van der Waals surface area contributed by atoms with Crippen molar-refractivity contribution in [2.45, 2.75) is 6.92 Å². The van der Waals surface area contributed by atoms with Crippen LogP contribution in [0.15, 0.2) is 59.0 Å². The summed E-state index contributed by atoms with van der Waals surface area (Å²) >= 11 is 11.4. The molecule has 0 aliphatic rings. The summed E-state index contributed by atoms with van der Waals surface area (Å²) in [6, 6.07) is 15.3. The van der Waals surface area contributed by atoms with Gasteiger partial charge in [-0.1, -0.05) is 23.7 Å². The molecule has 7 nitrogen and oxygen atoms in total. The van der Waals surface area contributed by atoms with Crippen molar-refractivity contribution >= 4 is 51.6 Å². The molecule has 3 aromatic carbocycles. The molecule has 0 saturated heterocycles. The van der Waals surface area contributed by atoms with Crippen molar-refractivity contribution in [1.82, 2.24) is 10.3 Å². The highest BCUT2D eigenvalue weighted by atomic mass is 35.5. The number of aromatic nitrogens is 1. The summed E-state index contributed by atoms with van der Waals surface area (Å²) in [6.45, 7) is 1.74. The Morgan fingerprint density at radius 3 is 2.69 bits per heavy atom. The fourth-order valence-corrected chi connectivity index (χ4v) is 3.62. The number of phenols is 1. The van der Waals surface area contributed by atoms with Gasteiger partial charge in [0.1, 0.15) is 17.0 Å². The molecule has 4 rings (SSSR count). The monoisotopic (exact) mass is 467 g/mol. The van der Waals surface area contributed by atoms with Gasteiger partial charge in [-0.15, -0.1) is 0 Å². The Bertz CT molecular complexity index is 1320. The quantitative estimate of drug-likeness (QED) is 0.277. The number of phenolic OH excluding ortho intramolecular Hbond substituents is 1. The average molecular weight is 468 g/mol. The number of fused-ring (bicyclic) bond motifs is 1. The number of rotatable bonds is 4. The third-order valence-corrected chi connectivity index (χ3v) is 5.22. The van der Waals surface area contributed by atoms with E-state index in [0.29, 0.717) is 44.2 Å². The van der Waals surface area contributed by atoms with Crippen LogP contribution in [0.25, 0.3) is 22.6 Å². The highest BCUT2D eigenvalue weighted by Crippen LogP contribution is 2.36. The van der Waals surface area contributed by atoms with Gasteiger partial charge in [0, 0.05) is 11.3 Å². The predicted octanol–water partition coefficient (Wildman–Crippen LogP) is 5.30. The molecule has 0 aliphatic carbocycles. The second-order valence-electron chi connectivity index (χ2n) is 6.93. The van der Waals surface area contributed by atoms with Gasteiger partial charge in [0.2, 0.25) is 5.89 Å². The Balaban J connectivity index is 1.54. The summed E-state index contributed by atoms with van der Waals surface area (Å²) in [5, 5.41) is 16.5. The fourth-order valence-electron chi connectivity index (χ4n) is 3.15. The van der Waals surface area contributed by atoms with Crippen LogP contribution < -0.4 is 15.4 Å². The number of nitrogens with zero attached hydrogens (tertiary/aromatic N) is 1. The molecule has 0 aliphatic heterocycles. The van der Waals surface area contributed by atoms with Crippen LogP contribution in [-0.4, -0.2) is 28.2 Å². The molecule has 0 saturated carbocycles. The van der Waals surface area contributed by atoms with E-state index in [0.717, 1.165) is 0 Å². The lowest BCUT2D eigenvalue weighted by atomic mass is 10.1. The number of hydrogen-bond donors (Lipinski definition) is 3. The maximum atomic E-state index is 12.5. The molecule has 32 heavy (non-hydrogen) atoms. The first-order valence-electron chi connectivity index (χ1n) is 9.51. The van der Waals surface area contributed by atoms with Gasteiger partial charge in [-0.05, 0) is 67.2 Å². The number of carbonyl (C=O) groups is 1. The number of benzene rings is 3. The SMILES string of the molecule is COc1ccc(C(=O)NC(=S)Nc2cc(C)c(O)c(-c3nc4ccccc4o3)c2)cc1Cl. The Morgan fingerprint density at radius 2 is 1.97 bits per heavy atom. The fraction of sp³-hybridized carbons (Fsp3) is 0.0870. The van der Waals surface area contributed by atoms with E-state index in [9.17, 15) is 9.90 Å². The van der Waals surface area contributed by atoms with E-state index in [1.807, 2.05) is 18.2 Å². The zero-order chi connectivity index (χ0) is 22.8. The van der Waals surface area contributed by atoms with Crippen molar-refractivity contribution in [3.05, 3.63) is 70.7 Å². The van der Waals surface area contributed by atoms with Gasteiger partial charge in [0.25, 0.3) is 5.91 Å². The topological polar surface area (TPSA) is 96.6 Å². The molecule has 3 N–H and O–H groups in total. The maximum Gasteiger partial charge on any atom is 0.257 e. The van der Waals surface area contributed by atoms with Gasteiger partial charge in [-0.3, -0.25) is 10.1 Å². The van der Waals surface area contributed by atoms with Gasteiger partial charge in [0.15, 0.2) is 10.7 Å². The Morgan fingerprint density at radius 1 is 1.19 bits per heavy atom. The number of nitrogens with one attached hydrogen (secondary N) is 2. The summed E-state index contributed by atoms with van der Waals surface area (Å²) in [4.78, 5) is 16.9. The van der Waals surface area contributed by atoms with Crippen molar-refractivity contribution in [3.63, 3.8) is 0 Å². The van der Waals surface area contributed by atoms with E-state index >= 15 is 0 Å². The Hall–Kier alpha value is -3.62. The second kappa shape index (κ2) is 8.86. The molecule has 9 heteroatoms. The molecule has 0 fully saturated rings. The standard InChI is InChI=1S/C23H18ClN3O4S/c1-12-9-14(11-15(20(12)28)22-26-17-5-3-4-6-19(17)31-22)25-23(32)27-21(29)13-7-8-18(30-2)16(24)10-13/h3-11,28H,1-2H3,(H2,25,27,29,32). The molecule has 0 atom stereocenters. The minimum absolute atomic E-state index is 0.0462. The van der Waals surface area contributed by atoms with Gasteiger partial charge >= 0.3 is 0 Å². The minimum atomic E-state index is -0.429. The molecule has 1 aromatic heterocycles. The summed E-state index contributed by atoms with van der Waals surface area (Å²) < 4.78 is 10.9. The van der Waals surface area contributed by atoms with E-state index in [-0.39, 0.29) is 16.8 Å². The number of amides is 1. The molecule has 1 heterocycles. The summed E-state index contributed by atoms with van der Waals surface area (Å²) in [7, 11) is 1.49. The number of methoxy groups -OCH3 is 1. The largest absolute Gasteiger partial charge is 0.507 e. The smallest absolute Gasteiger partial charge is 0.257 e. The number of oxazole rings is 1. The van der Waals surface area contributed by atoms with Crippen LogP contribution in [0.4, 0.5) is 5.69 Å². The third kappa shape index (κ3) is 4.37. The average Bonchev–Trinajstić information content (AvgIpc) is 3.20. The molecule has 0 bridgehead atoms.